The molecule has 1 radical (unpaired) electrons. The van der Waals surface area contributed by atoms with E-state index in [9.17, 15) is 0 Å². The first-order chi connectivity index (χ1) is 5.77. The van der Waals surface area contributed by atoms with Crippen LogP contribution in [0.2, 0.25) is 31.1 Å². The van der Waals surface area contributed by atoms with Crippen LogP contribution in [0.3, 0.4) is 0 Å². The topological polar surface area (TPSA) is 0 Å². The fraction of sp³-hybridized carbons (Fsp3) is 0.818. The van der Waals surface area contributed by atoms with Crippen molar-refractivity contribution in [3.05, 3.63) is 12.7 Å². The van der Waals surface area contributed by atoms with Gasteiger partial charge in [0.05, 0.1) is 0 Å². The Bertz CT molecular complexity index is 173. The lowest BCUT2D eigenvalue weighted by molar-refractivity contribution is 0.523. The highest BCUT2D eigenvalue weighted by atomic mass is 14.2. The van der Waals surface area contributed by atoms with Gasteiger partial charge in [-0.05, 0) is 5.31 Å². The maximum absolute atomic E-state index is 3.92. The van der Waals surface area contributed by atoms with Gasteiger partial charge in [-0.2, -0.15) is 0 Å². The van der Waals surface area contributed by atoms with Gasteiger partial charge in [-0.3, -0.25) is 0 Å². The van der Waals surface area contributed by atoms with Crippen LogP contribution in [0.4, 0.5) is 0 Å². The molecule has 0 amide bonds. The zero-order valence-corrected chi connectivity index (χ0v) is 10.1. The Morgan fingerprint density at radius 3 is 2.00 bits per heavy atom. The fourth-order valence-electron chi connectivity index (χ4n) is 1.48. The van der Waals surface area contributed by atoms with E-state index in [1.807, 2.05) is 0 Å². The molecule has 0 aromatic rings. The van der Waals surface area contributed by atoms with Gasteiger partial charge in [-0.1, -0.05) is 59.1 Å². The van der Waals surface area contributed by atoms with Gasteiger partial charge in [-0.25, -0.2) is 0 Å². The largest absolute Gasteiger partial charge is 0.139 e. The van der Waals surface area contributed by atoms with Crippen LogP contribution in [0.1, 0.15) is 27.2 Å². The van der Waals surface area contributed by atoms with Crippen molar-refractivity contribution in [2.24, 2.45) is 0 Å². The van der Waals surface area contributed by atoms with Crippen molar-refractivity contribution in [2.75, 3.05) is 0 Å². The summed E-state index contributed by atoms with van der Waals surface area (Å²) in [7, 11) is 2.25. The Hall–Kier alpha value is -0.130. The zero-order valence-electron chi connectivity index (χ0n) is 10.1. The van der Waals surface area contributed by atoms with E-state index in [4.69, 9.17) is 0 Å². The first-order valence-corrected chi connectivity index (χ1v) is 5.21. The highest BCUT2D eigenvalue weighted by Crippen LogP contribution is 2.45. The Kier molecular flexibility index (Phi) is 4.35. The van der Waals surface area contributed by atoms with Crippen LogP contribution in [-0.4, -0.2) is 14.0 Å². The molecule has 0 saturated carbocycles. The third-order valence-corrected chi connectivity index (χ3v) is 3.53. The summed E-state index contributed by atoms with van der Waals surface area (Å²) in [6.45, 7) is 18.3. The standard InChI is InChI=1S/C11H23B2/c1-8-11(4,12-5)9-10(2,3)13(6)7/h8H,1,9H2,2-7H3. The molecule has 0 aliphatic heterocycles. The van der Waals surface area contributed by atoms with Gasteiger partial charge >= 0.3 is 0 Å². The monoisotopic (exact) mass is 177 g/mol. The average molecular weight is 177 g/mol. The van der Waals surface area contributed by atoms with Gasteiger partial charge in [0.1, 0.15) is 14.0 Å². The van der Waals surface area contributed by atoms with E-state index < -0.39 is 0 Å². The molecule has 0 heterocycles. The Labute approximate surface area is 85.5 Å². The molecule has 0 fully saturated rings. The van der Waals surface area contributed by atoms with Crippen LogP contribution in [0.25, 0.3) is 0 Å². The van der Waals surface area contributed by atoms with Gasteiger partial charge in [0.15, 0.2) is 0 Å². The molecule has 0 aromatic heterocycles. The van der Waals surface area contributed by atoms with E-state index in [1.165, 1.54) is 6.42 Å². The minimum absolute atomic E-state index is 0.188. The molecular weight excluding hydrogens is 154 g/mol. The maximum atomic E-state index is 3.92. The second-order valence-corrected chi connectivity index (χ2v) is 5.32. The van der Waals surface area contributed by atoms with Crippen LogP contribution in [0.5, 0.6) is 0 Å². The summed E-state index contributed by atoms with van der Waals surface area (Å²) in [6, 6.07) is 0. The molecule has 0 aromatic carbocycles. The smallest absolute Gasteiger partial charge is 0.103 e. The highest BCUT2D eigenvalue weighted by Gasteiger charge is 2.32. The SMILES string of the molecule is C=CC(C)([B]C)CC(C)(C)B(C)C. The molecule has 2 heteroatoms. The minimum atomic E-state index is 0.188. The van der Waals surface area contributed by atoms with Crippen LogP contribution >= 0.6 is 0 Å². The highest BCUT2D eigenvalue weighted by molar-refractivity contribution is 6.59. The van der Waals surface area contributed by atoms with Crippen molar-refractivity contribution in [3.8, 4) is 0 Å². The lowest BCUT2D eigenvalue weighted by Crippen LogP contribution is -2.27. The molecule has 0 aliphatic rings. The van der Waals surface area contributed by atoms with Crippen molar-refractivity contribution in [1.29, 1.82) is 0 Å². The number of hydrogen-bond acceptors (Lipinski definition) is 0. The third-order valence-electron chi connectivity index (χ3n) is 3.53. The molecule has 0 aliphatic carbocycles. The quantitative estimate of drug-likeness (QED) is 0.439. The molecule has 0 nitrogen and oxygen atoms in total. The predicted molar refractivity (Wildman–Crippen MR) is 66.3 cm³/mol. The first-order valence-electron chi connectivity index (χ1n) is 5.21. The molecule has 73 valence electrons. The van der Waals surface area contributed by atoms with Crippen LogP contribution < -0.4 is 0 Å². The summed E-state index contributed by atoms with van der Waals surface area (Å²) in [5.74, 6) is 0. The summed E-state index contributed by atoms with van der Waals surface area (Å²) >= 11 is 0. The van der Waals surface area contributed by atoms with E-state index in [0.29, 0.717) is 12.0 Å². The van der Waals surface area contributed by atoms with Crippen molar-refractivity contribution >= 4 is 14.0 Å². The van der Waals surface area contributed by atoms with Crippen molar-refractivity contribution in [1.82, 2.24) is 0 Å². The normalized spacial score (nSPS) is 16.2. The van der Waals surface area contributed by atoms with E-state index in [0.717, 1.165) is 0 Å². The molecule has 1 unspecified atom stereocenters. The maximum Gasteiger partial charge on any atom is 0.139 e. The number of hydrogen-bond donors (Lipinski definition) is 0. The average Bonchev–Trinajstić information content (AvgIpc) is 2.03. The van der Waals surface area contributed by atoms with Crippen LogP contribution in [0, 0.1) is 0 Å². The molecular formula is C11H23B2. The fourth-order valence-corrected chi connectivity index (χ4v) is 1.48. The summed E-state index contributed by atoms with van der Waals surface area (Å²) in [6.07, 6.45) is 3.24. The number of rotatable bonds is 5. The molecule has 0 N–H and O–H groups in total. The lowest BCUT2D eigenvalue weighted by atomic mass is 9.33. The summed E-state index contributed by atoms with van der Waals surface area (Å²) < 4.78 is 0. The van der Waals surface area contributed by atoms with E-state index in [1.54, 1.807) is 0 Å². The number of allylic oxidation sites excluding steroid dienone is 1. The van der Waals surface area contributed by atoms with Crippen molar-refractivity contribution in [3.63, 3.8) is 0 Å². The van der Waals surface area contributed by atoms with E-state index in [2.05, 4.69) is 61.2 Å². The molecule has 13 heavy (non-hydrogen) atoms. The van der Waals surface area contributed by atoms with Gasteiger partial charge in [0.25, 0.3) is 0 Å². The predicted octanol–water partition coefficient (Wildman–Crippen LogP) is 4.03. The molecule has 0 bridgehead atoms. The minimum Gasteiger partial charge on any atom is -0.103 e. The second-order valence-electron chi connectivity index (χ2n) is 5.32. The van der Waals surface area contributed by atoms with Crippen molar-refractivity contribution in [2.45, 2.75) is 58.3 Å². The molecule has 0 spiro atoms. The summed E-state index contributed by atoms with van der Waals surface area (Å²) in [4.78, 5) is 0. The molecule has 0 rings (SSSR count). The van der Waals surface area contributed by atoms with Gasteiger partial charge < -0.3 is 0 Å². The van der Waals surface area contributed by atoms with Gasteiger partial charge in [-0.15, -0.1) is 6.58 Å². The Balaban J connectivity index is 4.48. The second kappa shape index (κ2) is 4.39. The first kappa shape index (κ1) is 12.9. The lowest BCUT2D eigenvalue weighted by Gasteiger charge is -2.36. The zero-order chi connectivity index (χ0) is 10.7. The third kappa shape index (κ3) is 3.62. The van der Waals surface area contributed by atoms with E-state index in [-0.39, 0.29) is 5.31 Å². The molecule has 1 atom stereocenters. The van der Waals surface area contributed by atoms with Crippen molar-refractivity contribution < 1.29 is 0 Å². The summed E-state index contributed by atoms with van der Waals surface area (Å²) in [5.41, 5.74) is 0. The van der Waals surface area contributed by atoms with E-state index >= 15 is 0 Å². The van der Waals surface area contributed by atoms with Gasteiger partial charge in [0, 0.05) is 0 Å². The Morgan fingerprint density at radius 1 is 1.31 bits per heavy atom. The van der Waals surface area contributed by atoms with Gasteiger partial charge in [0.2, 0.25) is 0 Å². The summed E-state index contributed by atoms with van der Waals surface area (Å²) in [5, 5.41) is 0.573. The van der Waals surface area contributed by atoms with Crippen LogP contribution in [-0.2, 0) is 0 Å². The van der Waals surface area contributed by atoms with Crippen LogP contribution in [0.15, 0.2) is 12.7 Å². The Morgan fingerprint density at radius 2 is 1.77 bits per heavy atom. The molecule has 0 saturated heterocycles.